The third kappa shape index (κ3) is 3.85. The summed E-state index contributed by atoms with van der Waals surface area (Å²) in [6.45, 7) is 5.60. The summed E-state index contributed by atoms with van der Waals surface area (Å²) >= 11 is 5.64. The van der Waals surface area contributed by atoms with Gasteiger partial charge in [-0.2, -0.15) is 0 Å². The highest BCUT2D eigenvalue weighted by Crippen LogP contribution is 2.22. The van der Waals surface area contributed by atoms with Crippen LogP contribution < -0.4 is 4.90 Å². The monoisotopic (exact) mass is 295 g/mol. The average Bonchev–Trinajstić information content (AvgIpc) is 2.53. The molecule has 1 aromatic heterocycles. The summed E-state index contributed by atoms with van der Waals surface area (Å²) in [6.07, 6.45) is 4.03. The number of alkyl halides is 1. The summed E-state index contributed by atoms with van der Waals surface area (Å²) in [5.41, 5.74) is 0. The van der Waals surface area contributed by atoms with Crippen molar-refractivity contribution in [2.24, 2.45) is 5.92 Å². The van der Waals surface area contributed by atoms with Crippen molar-refractivity contribution < 1.29 is 4.79 Å². The number of piperidine rings is 1. The fourth-order valence-corrected chi connectivity index (χ4v) is 2.86. The molecular formula is C15H22ClN3O. The molecule has 2 heterocycles. The van der Waals surface area contributed by atoms with Gasteiger partial charge < -0.3 is 9.80 Å². The van der Waals surface area contributed by atoms with Gasteiger partial charge in [0.15, 0.2) is 0 Å². The average molecular weight is 296 g/mol. The lowest BCUT2D eigenvalue weighted by molar-refractivity contribution is -0.129. The number of pyridine rings is 1. The van der Waals surface area contributed by atoms with E-state index in [1.807, 2.05) is 30.2 Å². The highest BCUT2D eigenvalue weighted by molar-refractivity contribution is 6.27. The molecule has 2 rings (SSSR count). The molecule has 1 aliphatic rings. The van der Waals surface area contributed by atoms with Crippen LogP contribution in [0.25, 0.3) is 0 Å². The largest absolute Gasteiger partial charge is 0.357 e. The molecule has 20 heavy (non-hydrogen) atoms. The SMILES string of the molecule is CCN(CC1CCN(c2ccccn2)CC1)C(=O)CCl. The van der Waals surface area contributed by atoms with Crippen LogP contribution in [0.5, 0.6) is 0 Å². The molecule has 0 atom stereocenters. The zero-order chi connectivity index (χ0) is 14.4. The number of nitrogens with zero attached hydrogens (tertiary/aromatic N) is 3. The summed E-state index contributed by atoms with van der Waals surface area (Å²) in [7, 11) is 0. The molecule has 1 amide bonds. The van der Waals surface area contributed by atoms with Crippen molar-refractivity contribution in [1.82, 2.24) is 9.88 Å². The molecule has 0 unspecified atom stereocenters. The van der Waals surface area contributed by atoms with Crippen LogP contribution in [0.1, 0.15) is 19.8 Å². The van der Waals surface area contributed by atoms with Crippen LogP contribution >= 0.6 is 11.6 Å². The smallest absolute Gasteiger partial charge is 0.237 e. The Kier molecular flexibility index (Phi) is 5.65. The molecule has 1 aromatic rings. The van der Waals surface area contributed by atoms with Crippen molar-refractivity contribution in [3.05, 3.63) is 24.4 Å². The quantitative estimate of drug-likeness (QED) is 0.783. The van der Waals surface area contributed by atoms with E-state index in [1.165, 1.54) is 0 Å². The Morgan fingerprint density at radius 2 is 2.20 bits per heavy atom. The molecule has 0 aromatic carbocycles. The van der Waals surface area contributed by atoms with Gasteiger partial charge >= 0.3 is 0 Å². The van der Waals surface area contributed by atoms with Crippen molar-refractivity contribution in [1.29, 1.82) is 0 Å². The summed E-state index contributed by atoms with van der Waals surface area (Å²) in [4.78, 5) is 20.3. The van der Waals surface area contributed by atoms with Gasteiger partial charge in [0.25, 0.3) is 0 Å². The molecular weight excluding hydrogens is 274 g/mol. The third-order valence-corrected chi connectivity index (χ3v) is 4.14. The standard InChI is InChI=1S/C15H22ClN3O/c1-2-18(15(20)11-16)12-13-6-9-19(10-7-13)14-5-3-4-8-17-14/h3-5,8,13H,2,6-7,9-12H2,1H3. The Morgan fingerprint density at radius 3 is 2.75 bits per heavy atom. The first-order valence-corrected chi connectivity index (χ1v) is 7.77. The molecule has 5 heteroatoms. The number of hydrogen-bond donors (Lipinski definition) is 0. The first kappa shape index (κ1) is 15.1. The van der Waals surface area contributed by atoms with E-state index < -0.39 is 0 Å². The summed E-state index contributed by atoms with van der Waals surface area (Å²) in [5.74, 6) is 1.75. The molecule has 110 valence electrons. The molecule has 0 spiro atoms. The zero-order valence-corrected chi connectivity index (χ0v) is 12.7. The fourth-order valence-electron chi connectivity index (χ4n) is 2.69. The Labute approximate surface area is 125 Å². The second kappa shape index (κ2) is 7.48. The lowest BCUT2D eigenvalue weighted by atomic mass is 9.96. The van der Waals surface area contributed by atoms with Crippen LogP contribution in [0.4, 0.5) is 5.82 Å². The van der Waals surface area contributed by atoms with E-state index in [0.29, 0.717) is 5.92 Å². The molecule has 1 fully saturated rings. The zero-order valence-electron chi connectivity index (χ0n) is 12.0. The molecule has 0 saturated carbocycles. The van der Waals surface area contributed by atoms with E-state index in [9.17, 15) is 4.79 Å². The topological polar surface area (TPSA) is 36.4 Å². The van der Waals surface area contributed by atoms with Crippen LogP contribution in [-0.2, 0) is 4.79 Å². The van der Waals surface area contributed by atoms with Crippen LogP contribution in [0.2, 0.25) is 0 Å². The van der Waals surface area contributed by atoms with Gasteiger partial charge in [-0.15, -0.1) is 11.6 Å². The molecule has 0 N–H and O–H groups in total. The minimum atomic E-state index is 0.0429. The molecule has 0 bridgehead atoms. The van der Waals surface area contributed by atoms with E-state index >= 15 is 0 Å². The van der Waals surface area contributed by atoms with Crippen LogP contribution in [-0.4, -0.2) is 47.9 Å². The number of amides is 1. The number of carbonyl (C=O) groups excluding carboxylic acids is 1. The Morgan fingerprint density at radius 1 is 1.45 bits per heavy atom. The normalized spacial score (nSPS) is 16.2. The maximum Gasteiger partial charge on any atom is 0.237 e. The van der Waals surface area contributed by atoms with Gasteiger partial charge in [0.2, 0.25) is 5.91 Å². The maximum absolute atomic E-state index is 11.7. The van der Waals surface area contributed by atoms with Crippen molar-refractivity contribution in [2.45, 2.75) is 19.8 Å². The van der Waals surface area contributed by atoms with Crippen LogP contribution in [0, 0.1) is 5.92 Å². The van der Waals surface area contributed by atoms with E-state index in [2.05, 4.69) is 16.0 Å². The molecule has 4 nitrogen and oxygen atoms in total. The highest BCUT2D eigenvalue weighted by atomic mass is 35.5. The van der Waals surface area contributed by atoms with Gasteiger partial charge in [0.1, 0.15) is 11.7 Å². The number of carbonyl (C=O) groups is 1. The van der Waals surface area contributed by atoms with Crippen molar-refractivity contribution in [3.63, 3.8) is 0 Å². The lowest BCUT2D eigenvalue weighted by Gasteiger charge is -2.35. The van der Waals surface area contributed by atoms with E-state index in [1.54, 1.807) is 0 Å². The third-order valence-electron chi connectivity index (χ3n) is 3.92. The van der Waals surface area contributed by atoms with E-state index in [0.717, 1.165) is 44.8 Å². The Hall–Kier alpha value is -1.29. The number of halogens is 1. The minimum absolute atomic E-state index is 0.0429. The second-order valence-electron chi connectivity index (χ2n) is 5.18. The molecule has 1 saturated heterocycles. The fraction of sp³-hybridized carbons (Fsp3) is 0.600. The van der Waals surface area contributed by atoms with Gasteiger partial charge in [0, 0.05) is 32.4 Å². The lowest BCUT2D eigenvalue weighted by Crippen LogP contribution is -2.41. The van der Waals surface area contributed by atoms with Crippen molar-refractivity contribution in [2.75, 3.05) is 37.0 Å². The number of anilines is 1. The van der Waals surface area contributed by atoms with Gasteiger partial charge in [-0.25, -0.2) is 4.98 Å². The predicted molar refractivity (Wildman–Crippen MR) is 82.1 cm³/mol. The van der Waals surface area contributed by atoms with Gasteiger partial charge in [0.05, 0.1) is 0 Å². The van der Waals surface area contributed by atoms with Crippen molar-refractivity contribution in [3.8, 4) is 0 Å². The second-order valence-corrected chi connectivity index (χ2v) is 5.45. The van der Waals surface area contributed by atoms with Gasteiger partial charge in [-0.05, 0) is 37.8 Å². The first-order valence-electron chi connectivity index (χ1n) is 7.24. The Bertz CT molecular complexity index is 418. The van der Waals surface area contributed by atoms with E-state index in [-0.39, 0.29) is 11.8 Å². The summed E-state index contributed by atoms with van der Waals surface area (Å²) in [5, 5.41) is 0. The molecule has 0 radical (unpaired) electrons. The number of aromatic nitrogens is 1. The van der Waals surface area contributed by atoms with Gasteiger partial charge in [-0.3, -0.25) is 4.79 Å². The van der Waals surface area contributed by atoms with Gasteiger partial charge in [-0.1, -0.05) is 6.07 Å². The van der Waals surface area contributed by atoms with Crippen molar-refractivity contribution >= 4 is 23.3 Å². The number of hydrogen-bond acceptors (Lipinski definition) is 3. The number of rotatable bonds is 5. The summed E-state index contributed by atoms with van der Waals surface area (Å²) in [6, 6.07) is 6.01. The maximum atomic E-state index is 11.7. The minimum Gasteiger partial charge on any atom is -0.357 e. The highest BCUT2D eigenvalue weighted by Gasteiger charge is 2.23. The predicted octanol–water partition coefficient (Wildman–Crippen LogP) is 2.39. The van der Waals surface area contributed by atoms with Crippen LogP contribution in [0.15, 0.2) is 24.4 Å². The molecule has 1 aliphatic heterocycles. The first-order chi connectivity index (χ1) is 9.74. The molecule has 0 aliphatic carbocycles. The van der Waals surface area contributed by atoms with E-state index in [4.69, 9.17) is 11.6 Å². The van der Waals surface area contributed by atoms with Crippen LogP contribution in [0.3, 0.4) is 0 Å². The Balaban J connectivity index is 1.84. The summed E-state index contributed by atoms with van der Waals surface area (Å²) < 4.78 is 0.